The van der Waals surface area contributed by atoms with Crippen LogP contribution < -0.4 is 0 Å². The van der Waals surface area contributed by atoms with Crippen molar-refractivity contribution in [1.29, 1.82) is 0 Å². The Morgan fingerprint density at radius 1 is 1.57 bits per heavy atom. The van der Waals surface area contributed by atoms with Gasteiger partial charge in [0, 0.05) is 22.7 Å². The molecule has 1 heterocycles. The van der Waals surface area contributed by atoms with E-state index in [0.29, 0.717) is 13.0 Å². The lowest BCUT2D eigenvalue weighted by Crippen LogP contribution is -1.94. The molecule has 0 aliphatic carbocycles. The molecule has 0 saturated carbocycles. The highest BCUT2D eigenvalue weighted by Crippen LogP contribution is 2.28. The molecule has 0 aromatic carbocycles. The van der Waals surface area contributed by atoms with Crippen LogP contribution in [0.2, 0.25) is 0 Å². The van der Waals surface area contributed by atoms with Gasteiger partial charge < -0.3 is 4.74 Å². The average molecular weight is 255 g/mol. The van der Waals surface area contributed by atoms with E-state index in [9.17, 15) is 8.42 Å². The van der Waals surface area contributed by atoms with Crippen LogP contribution in [0.4, 0.5) is 0 Å². The minimum atomic E-state index is -3.58. The van der Waals surface area contributed by atoms with Gasteiger partial charge in [-0.2, -0.15) is 0 Å². The van der Waals surface area contributed by atoms with Crippen molar-refractivity contribution in [2.75, 3.05) is 13.7 Å². The van der Waals surface area contributed by atoms with Gasteiger partial charge >= 0.3 is 0 Å². The molecule has 3 nitrogen and oxygen atoms in total. The molecule has 1 rings (SSSR count). The van der Waals surface area contributed by atoms with Crippen LogP contribution in [0.15, 0.2) is 10.3 Å². The van der Waals surface area contributed by atoms with Crippen molar-refractivity contribution >= 4 is 31.1 Å². The second kappa shape index (κ2) is 4.61. The van der Waals surface area contributed by atoms with E-state index in [4.69, 9.17) is 15.4 Å². The molecule has 0 saturated heterocycles. The summed E-state index contributed by atoms with van der Waals surface area (Å²) in [6.07, 6.45) is 0.714. The monoisotopic (exact) mass is 254 g/mol. The highest BCUT2D eigenvalue weighted by molar-refractivity contribution is 8.15. The fourth-order valence-corrected chi connectivity index (χ4v) is 3.34. The zero-order chi connectivity index (χ0) is 10.8. The van der Waals surface area contributed by atoms with E-state index in [1.54, 1.807) is 13.2 Å². The number of thiophene rings is 1. The van der Waals surface area contributed by atoms with Crippen molar-refractivity contribution in [3.8, 4) is 0 Å². The summed E-state index contributed by atoms with van der Waals surface area (Å²) in [4.78, 5) is 0.973. The molecule has 1 aromatic heterocycles. The third kappa shape index (κ3) is 2.95. The second-order valence-corrected chi connectivity index (χ2v) is 6.88. The number of rotatable bonds is 4. The van der Waals surface area contributed by atoms with Crippen molar-refractivity contribution in [1.82, 2.24) is 0 Å². The summed E-state index contributed by atoms with van der Waals surface area (Å²) in [6.45, 7) is 2.46. The summed E-state index contributed by atoms with van der Waals surface area (Å²) in [5, 5.41) is 0. The SMILES string of the molecule is COCCc1cc(S(=O)(=O)Cl)sc1C. The molecular formula is C8H11ClO3S2. The zero-order valence-corrected chi connectivity index (χ0v) is 10.3. The van der Waals surface area contributed by atoms with Crippen LogP contribution in [0.3, 0.4) is 0 Å². The Kier molecular flexibility index (Phi) is 3.94. The topological polar surface area (TPSA) is 43.4 Å². The van der Waals surface area contributed by atoms with Crippen LogP contribution in [0, 0.1) is 6.92 Å². The van der Waals surface area contributed by atoms with Gasteiger partial charge in [-0.15, -0.1) is 11.3 Å². The van der Waals surface area contributed by atoms with Crippen LogP contribution in [0.25, 0.3) is 0 Å². The quantitative estimate of drug-likeness (QED) is 0.774. The predicted octanol–water partition coefficient (Wildman–Crippen LogP) is 2.17. The molecule has 0 aliphatic heterocycles. The standard InChI is InChI=1S/C8H11ClO3S2/c1-6-7(3-4-12-2)5-8(13-6)14(9,10)11/h5H,3-4H2,1-2H3. The summed E-state index contributed by atoms with van der Waals surface area (Å²) in [5.74, 6) is 0. The number of aryl methyl sites for hydroxylation is 1. The molecule has 0 amide bonds. The van der Waals surface area contributed by atoms with Gasteiger partial charge in [-0.05, 0) is 25.0 Å². The van der Waals surface area contributed by atoms with Crippen LogP contribution in [-0.4, -0.2) is 22.1 Å². The molecule has 0 radical (unpaired) electrons. The maximum Gasteiger partial charge on any atom is 0.270 e. The fraction of sp³-hybridized carbons (Fsp3) is 0.500. The van der Waals surface area contributed by atoms with Crippen LogP contribution in [0.5, 0.6) is 0 Å². The second-order valence-electron chi connectivity index (χ2n) is 2.83. The van der Waals surface area contributed by atoms with Gasteiger partial charge in [0.15, 0.2) is 0 Å². The van der Waals surface area contributed by atoms with Crippen LogP contribution >= 0.6 is 22.0 Å². The van der Waals surface area contributed by atoms with Crippen molar-refractivity contribution < 1.29 is 13.2 Å². The van der Waals surface area contributed by atoms with Gasteiger partial charge in [0.25, 0.3) is 9.05 Å². The van der Waals surface area contributed by atoms with Crippen molar-refractivity contribution in [3.05, 3.63) is 16.5 Å². The largest absolute Gasteiger partial charge is 0.384 e. The molecule has 0 unspecified atom stereocenters. The van der Waals surface area contributed by atoms with Crippen LogP contribution in [0.1, 0.15) is 10.4 Å². The smallest absolute Gasteiger partial charge is 0.270 e. The summed E-state index contributed by atoms with van der Waals surface area (Å²) in [6, 6.07) is 1.61. The predicted molar refractivity (Wildman–Crippen MR) is 57.7 cm³/mol. The van der Waals surface area contributed by atoms with E-state index in [1.165, 1.54) is 11.3 Å². The third-order valence-corrected chi connectivity index (χ3v) is 4.98. The zero-order valence-electron chi connectivity index (χ0n) is 7.91. The fourth-order valence-electron chi connectivity index (χ4n) is 1.07. The van der Waals surface area contributed by atoms with Crippen LogP contribution in [-0.2, 0) is 20.2 Å². The van der Waals surface area contributed by atoms with Gasteiger partial charge in [0.2, 0.25) is 0 Å². The Hall–Kier alpha value is -0.100. The number of hydrogen-bond acceptors (Lipinski definition) is 4. The Morgan fingerprint density at radius 3 is 2.64 bits per heavy atom. The Bertz CT molecular complexity index is 408. The van der Waals surface area contributed by atoms with Gasteiger partial charge in [0.1, 0.15) is 4.21 Å². The molecule has 6 heteroatoms. The number of methoxy groups -OCH3 is 1. The molecule has 0 atom stereocenters. The summed E-state index contributed by atoms with van der Waals surface area (Å²) < 4.78 is 27.2. The molecule has 0 N–H and O–H groups in total. The van der Waals surface area contributed by atoms with E-state index < -0.39 is 9.05 Å². The van der Waals surface area contributed by atoms with E-state index >= 15 is 0 Å². The summed E-state index contributed by atoms with van der Waals surface area (Å²) >= 11 is 1.20. The number of halogens is 1. The molecule has 0 fully saturated rings. The molecule has 1 aromatic rings. The Labute approximate surface area is 92.1 Å². The summed E-state index contributed by atoms with van der Waals surface area (Å²) in [7, 11) is 3.26. The summed E-state index contributed by atoms with van der Waals surface area (Å²) in [5.41, 5.74) is 0.982. The average Bonchev–Trinajstić information content (AvgIpc) is 2.43. The van der Waals surface area contributed by atoms with Gasteiger partial charge in [-0.3, -0.25) is 0 Å². The van der Waals surface area contributed by atoms with Gasteiger partial charge in [0.05, 0.1) is 6.61 Å². The Balaban J connectivity index is 2.94. The lowest BCUT2D eigenvalue weighted by atomic mass is 10.2. The first kappa shape index (κ1) is 12.0. The van der Waals surface area contributed by atoms with Gasteiger partial charge in [-0.25, -0.2) is 8.42 Å². The van der Waals surface area contributed by atoms with Crippen molar-refractivity contribution in [2.24, 2.45) is 0 Å². The first-order chi connectivity index (χ1) is 6.45. The normalized spacial score (nSPS) is 11.9. The lowest BCUT2D eigenvalue weighted by Gasteiger charge is -1.96. The highest BCUT2D eigenvalue weighted by Gasteiger charge is 2.15. The van der Waals surface area contributed by atoms with E-state index in [2.05, 4.69) is 0 Å². The van der Waals surface area contributed by atoms with Crippen molar-refractivity contribution in [3.63, 3.8) is 0 Å². The number of hydrogen-bond donors (Lipinski definition) is 0. The molecule has 0 bridgehead atoms. The maximum absolute atomic E-state index is 11.0. The van der Waals surface area contributed by atoms with Crippen molar-refractivity contribution in [2.45, 2.75) is 17.6 Å². The minimum absolute atomic E-state index is 0.211. The third-order valence-electron chi connectivity index (χ3n) is 1.81. The first-order valence-electron chi connectivity index (χ1n) is 3.98. The van der Waals surface area contributed by atoms with E-state index in [-0.39, 0.29) is 4.21 Å². The molecule has 14 heavy (non-hydrogen) atoms. The van der Waals surface area contributed by atoms with E-state index in [0.717, 1.165) is 10.4 Å². The Morgan fingerprint density at radius 2 is 2.21 bits per heavy atom. The minimum Gasteiger partial charge on any atom is -0.384 e. The molecular weight excluding hydrogens is 244 g/mol. The number of ether oxygens (including phenoxy) is 1. The van der Waals surface area contributed by atoms with E-state index in [1.807, 2.05) is 6.92 Å². The molecule has 0 aliphatic rings. The maximum atomic E-state index is 11.0. The van der Waals surface area contributed by atoms with Gasteiger partial charge in [-0.1, -0.05) is 0 Å². The molecule has 0 spiro atoms. The molecule has 80 valence electrons. The highest BCUT2D eigenvalue weighted by atomic mass is 35.7. The first-order valence-corrected chi connectivity index (χ1v) is 7.10. The lowest BCUT2D eigenvalue weighted by molar-refractivity contribution is 0.202.